The summed E-state index contributed by atoms with van der Waals surface area (Å²) in [5, 5.41) is 13.5. The lowest BCUT2D eigenvalue weighted by atomic mass is 9.49. The molecule has 1 fully saturated rings. The van der Waals surface area contributed by atoms with Crippen molar-refractivity contribution in [1.29, 1.82) is 0 Å². The SMILES string of the molecule is COc1ccc2c3c1OC1c4nc5ccccc5c(N)c4CC4(O)[C@H](C2)N(C)CC[C@]314. The van der Waals surface area contributed by atoms with E-state index >= 15 is 0 Å². The second kappa shape index (κ2) is 5.50. The standard InChI is InChI=1S/C25H25N3O3/c1-28-10-9-24-19-13-7-8-17(30-2)22(19)31-23(24)21-15(12-25(24,29)18(28)11-13)20(26)14-5-3-4-6-16(14)27-21/h3-8,18,23,29H,9-12H2,1-2H3,(H2,26,27)/t18-,23?,24-,25?/m0/s1. The summed E-state index contributed by atoms with van der Waals surface area (Å²) in [5.74, 6) is 1.49. The first kappa shape index (κ1) is 17.8. The molecular weight excluding hydrogens is 390 g/mol. The fourth-order valence-electron chi connectivity index (χ4n) is 7.04. The topological polar surface area (TPSA) is 80.8 Å². The number of nitrogen functional groups attached to an aromatic ring is 1. The smallest absolute Gasteiger partial charge is 0.166 e. The lowest BCUT2D eigenvalue weighted by Crippen LogP contribution is -2.74. The monoisotopic (exact) mass is 415 g/mol. The van der Waals surface area contributed by atoms with E-state index in [4.69, 9.17) is 20.2 Å². The van der Waals surface area contributed by atoms with Crippen molar-refractivity contribution in [2.75, 3.05) is 26.4 Å². The molecule has 31 heavy (non-hydrogen) atoms. The average molecular weight is 415 g/mol. The van der Waals surface area contributed by atoms with Crippen LogP contribution < -0.4 is 15.2 Å². The number of pyridine rings is 1. The van der Waals surface area contributed by atoms with E-state index in [1.807, 2.05) is 30.3 Å². The van der Waals surface area contributed by atoms with Crippen LogP contribution in [0.3, 0.4) is 0 Å². The molecule has 1 aromatic heterocycles. The predicted octanol–water partition coefficient (Wildman–Crippen LogP) is 2.74. The minimum absolute atomic E-state index is 0.00165. The molecular formula is C25H25N3O3. The van der Waals surface area contributed by atoms with Crippen LogP contribution in [0, 0.1) is 0 Å². The van der Waals surface area contributed by atoms with E-state index in [-0.39, 0.29) is 12.1 Å². The summed E-state index contributed by atoms with van der Waals surface area (Å²) in [5.41, 5.74) is 10.9. The number of likely N-dealkylation sites (N-methyl/N-ethyl adjacent to an activating group) is 1. The van der Waals surface area contributed by atoms with E-state index in [1.165, 1.54) is 5.56 Å². The molecule has 4 atom stereocenters. The Bertz CT molecular complexity index is 1290. The Morgan fingerprint density at radius 1 is 1.26 bits per heavy atom. The number of nitrogens with two attached hydrogens (primary N) is 1. The van der Waals surface area contributed by atoms with Gasteiger partial charge in [-0.1, -0.05) is 24.3 Å². The minimum atomic E-state index is -0.986. The molecule has 2 bridgehead atoms. The molecule has 0 radical (unpaired) electrons. The van der Waals surface area contributed by atoms with Gasteiger partial charge in [0.25, 0.3) is 0 Å². The molecule has 2 aliphatic carbocycles. The quantitative estimate of drug-likeness (QED) is 0.636. The molecule has 1 spiro atoms. The Morgan fingerprint density at radius 3 is 2.94 bits per heavy atom. The Labute approximate surface area is 180 Å². The van der Waals surface area contributed by atoms with Gasteiger partial charge in [0.15, 0.2) is 17.6 Å². The third kappa shape index (κ3) is 1.82. The fourth-order valence-corrected chi connectivity index (χ4v) is 7.04. The van der Waals surface area contributed by atoms with Crippen LogP contribution in [0.4, 0.5) is 5.69 Å². The van der Waals surface area contributed by atoms with Crippen molar-refractivity contribution in [3.05, 3.63) is 58.8 Å². The summed E-state index contributed by atoms with van der Waals surface area (Å²) in [6.07, 6.45) is 1.70. The van der Waals surface area contributed by atoms with E-state index in [1.54, 1.807) is 7.11 Å². The highest BCUT2D eigenvalue weighted by atomic mass is 16.5. The number of aromatic nitrogens is 1. The van der Waals surface area contributed by atoms with Gasteiger partial charge in [-0.25, -0.2) is 4.98 Å². The van der Waals surface area contributed by atoms with Gasteiger partial charge in [0.2, 0.25) is 0 Å². The van der Waals surface area contributed by atoms with Gasteiger partial charge >= 0.3 is 0 Å². The van der Waals surface area contributed by atoms with Crippen molar-refractivity contribution in [2.24, 2.45) is 0 Å². The first-order valence-corrected chi connectivity index (χ1v) is 11.0. The maximum absolute atomic E-state index is 12.5. The molecule has 3 aromatic rings. The van der Waals surface area contributed by atoms with Crippen molar-refractivity contribution >= 4 is 16.6 Å². The van der Waals surface area contributed by atoms with E-state index in [9.17, 15) is 5.11 Å². The zero-order valence-electron chi connectivity index (χ0n) is 17.7. The van der Waals surface area contributed by atoms with Crippen molar-refractivity contribution in [3.63, 3.8) is 0 Å². The van der Waals surface area contributed by atoms with Crippen LogP contribution in [-0.4, -0.2) is 47.3 Å². The van der Waals surface area contributed by atoms with Crippen molar-refractivity contribution < 1.29 is 14.6 Å². The zero-order chi connectivity index (χ0) is 21.1. The number of likely N-dealkylation sites (tertiary alicyclic amines) is 1. The van der Waals surface area contributed by atoms with Gasteiger partial charge in [-0.05, 0) is 44.1 Å². The van der Waals surface area contributed by atoms with Crippen LogP contribution in [0.1, 0.15) is 34.9 Å². The number of para-hydroxylation sites is 1. The number of anilines is 1. The average Bonchev–Trinajstić information content (AvgIpc) is 3.13. The normalized spacial score (nSPS) is 32.4. The van der Waals surface area contributed by atoms with E-state index in [2.05, 4.69) is 18.0 Å². The number of hydrogen-bond acceptors (Lipinski definition) is 6. The van der Waals surface area contributed by atoms with Crippen LogP contribution in [0.25, 0.3) is 10.9 Å². The van der Waals surface area contributed by atoms with Gasteiger partial charge in [0, 0.05) is 34.7 Å². The van der Waals surface area contributed by atoms with Crippen LogP contribution >= 0.6 is 0 Å². The fraction of sp³-hybridized carbons (Fsp3) is 0.400. The largest absolute Gasteiger partial charge is 0.493 e. The first-order chi connectivity index (χ1) is 15.0. The molecule has 0 saturated carbocycles. The maximum Gasteiger partial charge on any atom is 0.166 e. The predicted molar refractivity (Wildman–Crippen MR) is 118 cm³/mol. The molecule has 6 nitrogen and oxygen atoms in total. The van der Waals surface area contributed by atoms with Crippen LogP contribution in [0.5, 0.6) is 11.5 Å². The van der Waals surface area contributed by atoms with Gasteiger partial charge in [-0.15, -0.1) is 0 Å². The zero-order valence-corrected chi connectivity index (χ0v) is 17.7. The van der Waals surface area contributed by atoms with Gasteiger partial charge < -0.3 is 25.2 Å². The Morgan fingerprint density at radius 2 is 2.10 bits per heavy atom. The van der Waals surface area contributed by atoms with Crippen molar-refractivity contribution in [2.45, 2.75) is 42.4 Å². The van der Waals surface area contributed by atoms with E-state index < -0.39 is 11.0 Å². The third-order valence-electron chi connectivity index (χ3n) is 8.45. The summed E-state index contributed by atoms with van der Waals surface area (Å²) >= 11 is 0. The summed E-state index contributed by atoms with van der Waals surface area (Å²) in [6, 6.07) is 12.1. The van der Waals surface area contributed by atoms with E-state index in [0.717, 1.165) is 58.6 Å². The number of rotatable bonds is 1. The summed E-state index contributed by atoms with van der Waals surface area (Å²) in [4.78, 5) is 7.38. The highest BCUT2D eigenvalue weighted by Gasteiger charge is 2.72. The van der Waals surface area contributed by atoms with Gasteiger partial charge in [-0.2, -0.15) is 0 Å². The van der Waals surface area contributed by atoms with E-state index in [0.29, 0.717) is 12.1 Å². The number of aliphatic hydroxyl groups is 1. The molecule has 4 aliphatic rings. The number of piperidine rings is 1. The Kier molecular flexibility index (Phi) is 3.16. The number of hydrogen-bond donors (Lipinski definition) is 2. The number of fused-ring (bicyclic) bond motifs is 3. The number of nitrogens with zero attached hydrogens (tertiary/aromatic N) is 2. The second-order valence-corrected chi connectivity index (χ2v) is 9.56. The summed E-state index contributed by atoms with van der Waals surface area (Å²) < 4.78 is 12.4. The molecule has 3 heterocycles. The molecule has 1 saturated heterocycles. The third-order valence-corrected chi connectivity index (χ3v) is 8.45. The molecule has 6 heteroatoms. The lowest BCUT2D eigenvalue weighted by Gasteiger charge is -2.62. The molecule has 2 aromatic carbocycles. The molecule has 7 rings (SSSR count). The maximum atomic E-state index is 12.5. The number of benzene rings is 2. The molecule has 2 unspecified atom stereocenters. The number of methoxy groups -OCH3 is 1. The van der Waals surface area contributed by atoms with Crippen LogP contribution in [-0.2, 0) is 18.3 Å². The van der Waals surface area contributed by atoms with Gasteiger partial charge in [0.1, 0.15) is 0 Å². The van der Waals surface area contributed by atoms with Gasteiger partial charge in [0.05, 0.1) is 29.3 Å². The first-order valence-electron chi connectivity index (χ1n) is 11.0. The highest BCUT2D eigenvalue weighted by Crippen LogP contribution is 2.68. The van der Waals surface area contributed by atoms with Crippen molar-refractivity contribution in [1.82, 2.24) is 9.88 Å². The minimum Gasteiger partial charge on any atom is -0.493 e. The molecule has 3 N–H and O–H groups in total. The van der Waals surface area contributed by atoms with Crippen molar-refractivity contribution in [3.8, 4) is 11.5 Å². The number of ether oxygens (including phenoxy) is 2. The molecule has 2 aliphatic heterocycles. The second-order valence-electron chi connectivity index (χ2n) is 9.56. The van der Waals surface area contributed by atoms with Crippen LogP contribution in [0.2, 0.25) is 0 Å². The molecule has 0 amide bonds. The lowest BCUT2D eigenvalue weighted by molar-refractivity contribution is -0.167. The Balaban J connectivity index is 1.60. The highest BCUT2D eigenvalue weighted by molar-refractivity contribution is 5.92. The summed E-state index contributed by atoms with van der Waals surface area (Å²) in [6.45, 7) is 0.904. The molecule has 158 valence electrons. The van der Waals surface area contributed by atoms with Crippen LogP contribution in [0.15, 0.2) is 36.4 Å². The summed E-state index contributed by atoms with van der Waals surface area (Å²) in [7, 11) is 3.79. The Hall–Kier alpha value is -2.83. The van der Waals surface area contributed by atoms with Gasteiger partial charge in [-0.3, -0.25) is 0 Å².